The number of benzene rings is 2. The van der Waals surface area contributed by atoms with Gasteiger partial charge in [0.1, 0.15) is 11.6 Å². The summed E-state index contributed by atoms with van der Waals surface area (Å²) < 4.78 is 19.3. The van der Waals surface area contributed by atoms with E-state index in [1.54, 1.807) is 13.2 Å². The Labute approximate surface area is 120 Å². The van der Waals surface area contributed by atoms with E-state index < -0.39 is 0 Å². The van der Waals surface area contributed by atoms with Gasteiger partial charge in [-0.15, -0.1) is 0 Å². The predicted octanol–water partition coefficient (Wildman–Crippen LogP) is 4.52. The summed E-state index contributed by atoms with van der Waals surface area (Å²) in [5.74, 6) is 0.563. The van der Waals surface area contributed by atoms with Crippen molar-refractivity contribution in [3.63, 3.8) is 0 Å². The molecule has 2 nitrogen and oxygen atoms in total. The van der Waals surface area contributed by atoms with Gasteiger partial charge < -0.3 is 10.1 Å². The number of methoxy groups -OCH3 is 1. The van der Waals surface area contributed by atoms with Crippen LogP contribution >= 0.6 is 15.9 Å². The number of halogens is 2. The number of aryl methyl sites for hydroxylation is 1. The van der Waals surface area contributed by atoms with Gasteiger partial charge in [-0.3, -0.25) is 0 Å². The first-order valence-electron chi connectivity index (χ1n) is 5.92. The van der Waals surface area contributed by atoms with Crippen molar-refractivity contribution in [1.29, 1.82) is 0 Å². The zero-order valence-electron chi connectivity index (χ0n) is 10.8. The van der Waals surface area contributed by atoms with Gasteiger partial charge in [-0.1, -0.05) is 17.7 Å². The molecular formula is C15H15BrFNO. The first-order chi connectivity index (χ1) is 9.10. The van der Waals surface area contributed by atoms with E-state index in [0.29, 0.717) is 6.54 Å². The lowest BCUT2D eigenvalue weighted by Crippen LogP contribution is -2.03. The van der Waals surface area contributed by atoms with Crippen molar-refractivity contribution in [3.8, 4) is 5.75 Å². The molecule has 0 heterocycles. The summed E-state index contributed by atoms with van der Waals surface area (Å²) in [7, 11) is 1.65. The highest BCUT2D eigenvalue weighted by atomic mass is 79.9. The second-order valence-corrected chi connectivity index (χ2v) is 5.15. The Morgan fingerprint density at radius 2 is 2.00 bits per heavy atom. The fourth-order valence-corrected chi connectivity index (χ4v) is 2.26. The van der Waals surface area contributed by atoms with Crippen LogP contribution < -0.4 is 10.1 Å². The minimum absolute atomic E-state index is 0.262. The number of hydrogen-bond acceptors (Lipinski definition) is 2. The highest BCUT2D eigenvalue weighted by Gasteiger charge is 2.05. The third kappa shape index (κ3) is 3.47. The number of ether oxygens (including phenoxy) is 1. The fraction of sp³-hybridized carbons (Fsp3) is 0.200. The monoisotopic (exact) mass is 323 g/mol. The zero-order valence-corrected chi connectivity index (χ0v) is 12.4. The molecule has 0 aliphatic rings. The minimum atomic E-state index is -0.262. The molecule has 0 aliphatic carbocycles. The zero-order chi connectivity index (χ0) is 13.8. The summed E-state index contributed by atoms with van der Waals surface area (Å²) in [6, 6.07) is 10.6. The fourth-order valence-electron chi connectivity index (χ4n) is 1.87. The third-order valence-electron chi connectivity index (χ3n) is 2.83. The van der Waals surface area contributed by atoms with E-state index in [4.69, 9.17) is 4.74 Å². The molecule has 100 valence electrons. The molecule has 4 heteroatoms. The molecule has 2 aromatic carbocycles. The molecule has 0 saturated carbocycles. The van der Waals surface area contributed by atoms with Crippen LogP contribution in [0.2, 0.25) is 0 Å². The number of hydrogen-bond donors (Lipinski definition) is 1. The Kier molecular flexibility index (Phi) is 4.43. The molecule has 0 aliphatic heterocycles. The van der Waals surface area contributed by atoms with E-state index >= 15 is 0 Å². The molecule has 1 N–H and O–H groups in total. The lowest BCUT2D eigenvalue weighted by atomic mass is 10.1. The standard InChI is InChI=1S/C15H15BrFNO/c1-10-3-6-15(19-2)11(7-10)9-18-14-8-12(17)4-5-13(14)16/h3-8,18H,9H2,1-2H3. The van der Waals surface area contributed by atoms with Gasteiger partial charge in [0.25, 0.3) is 0 Å². The van der Waals surface area contributed by atoms with Crippen molar-refractivity contribution in [2.24, 2.45) is 0 Å². The number of rotatable bonds is 4. The maximum atomic E-state index is 13.2. The highest BCUT2D eigenvalue weighted by molar-refractivity contribution is 9.10. The van der Waals surface area contributed by atoms with E-state index in [9.17, 15) is 4.39 Å². The second-order valence-electron chi connectivity index (χ2n) is 4.29. The van der Waals surface area contributed by atoms with E-state index in [-0.39, 0.29) is 5.82 Å². The van der Waals surface area contributed by atoms with Crippen molar-refractivity contribution < 1.29 is 9.13 Å². The molecule has 0 aromatic heterocycles. The minimum Gasteiger partial charge on any atom is -0.496 e. The summed E-state index contributed by atoms with van der Waals surface area (Å²) in [6.45, 7) is 2.61. The number of nitrogens with one attached hydrogen (secondary N) is 1. The predicted molar refractivity (Wildman–Crippen MR) is 79.2 cm³/mol. The maximum absolute atomic E-state index is 13.2. The van der Waals surface area contributed by atoms with Gasteiger partial charge in [0.2, 0.25) is 0 Å². The molecule has 0 atom stereocenters. The molecule has 0 unspecified atom stereocenters. The first-order valence-corrected chi connectivity index (χ1v) is 6.72. The second kappa shape index (κ2) is 6.06. The molecule has 0 radical (unpaired) electrons. The van der Waals surface area contributed by atoms with Gasteiger partial charge in [0, 0.05) is 16.6 Å². The van der Waals surface area contributed by atoms with Gasteiger partial charge in [-0.25, -0.2) is 4.39 Å². The van der Waals surface area contributed by atoms with E-state index in [0.717, 1.165) is 27.0 Å². The third-order valence-corrected chi connectivity index (χ3v) is 3.53. The van der Waals surface area contributed by atoms with Crippen molar-refractivity contribution in [1.82, 2.24) is 0 Å². The Hall–Kier alpha value is -1.55. The van der Waals surface area contributed by atoms with Crippen LogP contribution in [0.5, 0.6) is 5.75 Å². The molecule has 19 heavy (non-hydrogen) atoms. The largest absolute Gasteiger partial charge is 0.496 e. The smallest absolute Gasteiger partial charge is 0.125 e. The molecule has 2 rings (SSSR count). The van der Waals surface area contributed by atoms with Gasteiger partial charge in [-0.2, -0.15) is 0 Å². The Bertz CT molecular complexity index is 586. The van der Waals surface area contributed by atoms with Crippen LogP contribution in [-0.4, -0.2) is 7.11 Å². The molecule has 0 amide bonds. The summed E-state index contributed by atoms with van der Waals surface area (Å²) >= 11 is 3.39. The van der Waals surface area contributed by atoms with Crippen LogP contribution in [0.3, 0.4) is 0 Å². The van der Waals surface area contributed by atoms with Crippen LogP contribution in [0.1, 0.15) is 11.1 Å². The molecule has 2 aromatic rings. The van der Waals surface area contributed by atoms with Crippen LogP contribution in [0, 0.1) is 12.7 Å². The normalized spacial score (nSPS) is 10.3. The molecule has 0 saturated heterocycles. The summed E-state index contributed by atoms with van der Waals surface area (Å²) in [5, 5.41) is 3.21. The van der Waals surface area contributed by atoms with Gasteiger partial charge in [0.15, 0.2) is 0 Å². The van der Waals surface area contributed by atoms with E-state index in [2.05, 4.69) is 27.3 Å². The summed E-state index contributed by atoms with van der Waals surface area (Å²) in [5.41, 5.74) is 2.93. The van der Waals surface area contributed by atoms with Crippen LogP contribution in [0.15, 0.2) is 40.9 Å². The Balaban J connectivity index is 2.18. The first kappa shape index (κ1) is 13.9. The average Bonchev–Trinajstić information content (AvgIpc) is 2.40. The lowest BCUT2D eigenvalue weighted by molar-refractivity contribution is 0.410. The summed E-state index contributed by atoms with van der Waals surface area (Å²) in [6.07, 6.45) is 0. The summed E-state index contributed by atoms with van der Waals surface area (Å²) in [4.78, 5) is 0. The Morgan fingerprint density at radius 3 is 2.74 bits per heavy atom. The van der Waals surface area contributed by atoms with Crippen molar-refractivity contribution in [2.75, 3.05) is 12.4 Å². The van der Waals surface area contributed by atoms with E-state index in [1.807, 2.05) is 19.1 Å². The molecular weight excluding hydrogens is 309 g/mol. The maximum Gasteiger partial charge on any atom is 0.125 e. The Morgan fingerprint density at radius 1 is 1.21 bits per heavy atom. The molecule has 0 bridgehead atoms. The average molecular weight is 324 g/mol. The van der Waals surface area contributed by atoms with Crippen molar-refractivity contribution >= 4 is 21.6 Å². The van der Waals surface area contributed by atoms with Crippen LogP contribution in [-0.2, 0) is 6.54 Å². The van der Waals surface area contributed by atoms with Crippen LogP contribution in [0.4, 0.5) is 10.1 Å². The van der Waals surface area contributed by atoms with Gasteiger partial charge in [-0.05, 0) is 47.1 Å². The quantitative estimate of drug-likeness (QED) is 0.893. The topological polar surface area (TPSA) is 21.3 Å². The molecule has 0 fully saturated rings. The highest BCUT2D eigenvalue weighted by Crippen LogP contribution is 2.25. The lowest BCUT2D eigenvalue weighted by Gasteiger charge is -2.12. The molecule has 0 spiro atoms. The SMILES string of the molecule is COc1ccc(C)cc1CNc1cc(F)ccc1Br. The number of anilines is 1. The van der Waals surface area contributed by atoms with Crippen molar-refractivity contribution in [3.05, 3.63) is 57.8 Å². The van der Waals surface area contributed by atoms with Gasteiger partial charge in [0.05, 0.1) is 12.8 Å². The van der Waals surface area contributed by atoms with E-state index in [1.165, 1.54) is 12.1 Å². The van der Waals surface area contributed by atoms with Crippen LogP contribution in [0.25, 0.3) is 0 Å². The van der Waals surface area contributed by atoms with Gasteiger partial charge >= 0.3 is 0 Å². The van der Waals surface area contributed by atoms with Crippen molar-refractivity contribution in [2.45, 2.75) is 13.5 Å².